The number of nitrogens with zero attached hydrogens (tertiary/aromatic N) is 1. The highest BCUT2D eigenvalue weighted by Gasteiger charge is 2.12. The van der Waals surface area contributed by atoms with E-state index in [2.05, 4.69) is 4.98 Å². The Kier molecular flexibility index (Phi) is 3.41. The third-order valence-corrected chi connectivity index (χ3v) is 1.72. The van der Waals surface area contributed by atoms with Crippen LogP contribution in [-0.4, -0.2) is 31.5 Å². The first kappa shape index (κ1) is 10.5. The molecule has 0 atom stereocenters. The second-order valence-electron chi connectivity index (χ2n) is 2.54. The molecule has 0 bridgehead atoms. The third-order valence-electron chi connectivity index (χ3n) is 1.72. The maximum absolute atomic E-state index is 11.3. The number of rotatable bonds is 4. The van der Waals surface area contributed by atoms with E-state index in [1.54, 1.807) is 12.1 Å². The molecule has 1 rings (SSSR count). The van der Waals surface area contributed by atoms with E-state index in [0.29, 0.717) is 11.4 Å². The van der Waals surface area contributed by atoms with Crippen LogP contribution in [0, 0.1) is 0 Å². The Bertz CT molecular complexity index is 339. The summed E-state index contributed by atoms with van der Waals surface area (Å²) in [5.74, 6) is 0.423. The lowest BCUT2D eigenvalue weighted by Crippen LogP contribution is -2.15. The van der Waals surface area contributed by atoms with Gasteiger partial charge in [0, 0.05) is 6.07 Å². The summed E-state index contributed by atoms with van der Waals surface area (Å²) >= 11 is 0. The summed E-state index contributed by atoms with van der Waals surface area (Å²) in [6, 6.07) is 3.17. The molecular formula is C9H12N2O3. The molecule has 5 nitrogen and oxygen atoms in total. The van der Waals surface area contributed by atoms with Crippen molar-refractivity contribution >= 4 is 5.78 Å². The monoisotopic (exact) mass is 196 g/mol. The highest BCUT2D eigenvalue weighted by molar-refractivity contribution is 5.99. The van der Waals surface area contributed by atoms with Crippen molar-refractivity contribution in [2.75, 3.05) is 20.8 Å². The smallest absolute Gasteiger partial charge is 0.227 e. The number of hydrogen-bond donors (Lipinski definition) is 1. The normalized spacial score (nSPS) is 9.64. The molecule has 76 valence electrons. The highest BCUT2D eigenvalue weighted by Crippen LogP contribution is 2.19. The van der Waals surface area contributed by atoms with Gasteiger partial charge < -0.3 is 15.2 Å². The fraction of sp³-hybridized carbons (Fsp3) is 0.333. The van der Waals surface area contributed by atoms with Gasteiger partial charge in [0.1, 0.15) is 0 Å². The molecule has 0 radical (unpaired) electrons. The van der Waals surface area contributed by atoms with Crippen molar-refractivity contribution in [1.82, 2.24) is 4.98 Å². The molecule has 1 aromatic heterocycles. The largest absolute Gasteiger partial charge is 0.481 e. The minimum Gasteiger partial charge on any atom is -0.481 e. The Hall–Kier alpha value is -1.62. The van der Waals surface area contributed by atoms with Crippen LogP contribution in [0.5, 0.6) is 11.8 Å². The molecule has 2 N–H and O–H groups in total. The number of Topliss-reactive ketones (excluding diaryl/α,β-unsaturated/α-hetero) is 1. The van der Waals surface area contributed by atoms with E-state index < -0.39 is 0 Å². The number of pyridine rings is 1. The lowest BCUT2D eigenvalue weighted by atomic mass is 10.2. The van der Waals surface area contributed by atoms with Gasteiger partial charge in [0.25, 0.3) is 0 Å². The maximum Gasteiger partial charge on any atom is 0.227 e. The second-order valence-corrected chi connectivity index (χ2v) is 2.54. The fourth-order valence-electron chi connectivity index (χ4n) is 1.01. The lowest BCUT2D eigenvalue weighted by molar-refractivity contribution is 0.0997. The van der Waals surface area contributed by atoms with Crippen LogP contribution < -0.4 is 15.2 Å². The van der Waals surface area contributed by atoms with Crippen molar-refractivity contribution in [3.05, 3.63) is 17.7 Å². The highest BCUT2D eigenvalue weighted by atomic mass is 16.5. The Morgan fingerprint density at radius 1 is 1.43 bits per heavy atom. The number of ketones is 1. The van der Waals surface area contributed by atoms with Crippen molar-refractivity contribution in [1.29, 1.82) is 0 Å². The van der Waals surface area contributed by atoms with Crippen LogP contribution in [0.2, 0.25) is 0 Å². The molecule has 0 aromatic carbocycles. The van der Waals surface area contributed by atoms with Gasteiger partial charge in [-0.15, -0.1) is 0 Å². The topological polar surface area (TPSA) is 74.4 Å². The first-order valence-electron chi connectivity index (χ1n) is 4.05. The van der Waals surface area contributed by atoms with Crippen LogP contribution >= 0.6 is 0 Å². The summed E-state index contributed by atoms with van der Waals surface area (Å²) in [5.41, 5.74) is 5.61. The van der Waals surface area contributed by atoms with E-state index in [9.17, 15) is 4.79 Å². The Morgan fingerprint density at radius 3 is 2.64 bits per heavy atom. The molecule has 0 aliphatic heterocycles. The van der Waals surface area contributed by atoms with Crippen molar-refractivity contribution in [2.24, 2.45) is 5.73 Å². The molecule has 0 aliphatic rings. The van der Waals surface area contributed by atoms with Crippen LogP contribution in [0.4, 0.5) is 0 Å². The van der Waals surface area contributed by atoms with Crippen LogP contribution in [0.1, 0.15) is 10.4 Å². The summed E-state index contributed by atoms with van der Waals surface area (Å²) in [7, 11) is 2.93. The molecule has 1 heterocycles. The Morgan fingerprint density at radius 2 is 2.14 bits per heavy atom. The average molecular weight is 196 g/mol. The first-order chi connectivity index (χ1) is 6.72. The van der Waals surface area contributed by atoms with E-state index in [1.807, 2.05) is 0 Å². The second kappa shape index (κ2) is 4.57. The van der Waals surface area contributed by atoms with E-state index in [1.165, 1.54) is 14.2 Å². The fourth-order valence-corrected chi connectivity index (χ4v) is 1.01. The molecule has 1 aromatic rings. The van der Waals surface area contributed by atoms with Crippen LogP contribution in [0.3, 0.4) is 0 Å². The molecular weight excluding hydrogens is 184 g/mol. The summed E-state index contributed by atoms with van der Waals surface area (Å²) < 4.78 is 9.83. The Balaban J connectivity index is 3.11. The zero-order valence-corrected chi connectivity index (χ0v) is 8.11. The SMILES string of the molecule is COc1ccc(C(=O)CN)c(OC)n1. The van der Waals surface area contributed by atoms with Gasteiger partial charge in [-0.25, -0.2) is 0 Å². The summed E-state index contributed by atoms with van der Waals surface area (Å²) in [6.45, 7) is -0.0651. The van der Waals surface area contributed by atoms with Gasteiger partial charge in [-0.2, -0.15) is 4.98 Å². The first-order valence-corrected chi connectivity index (χ1v) is 4.05. The minimum atomic E-state index is -0.211. The number of carbonyl (C=O) groups excluding carboxylic acids is 1. The van der Waals surface area contributed by atoms with Gasteiger partial charge in [-0.3, -0.25) is 4.79 Å². The maximum atomic E-state index is 11.3. The van der Waals surface area contributed by atoms with Crippen LogP contribution in [0.25, 0.3) is 0 Å². The van der Waals surface area contributed by atoms with Gasteiger partial charge >= 0.3 is 0 Å². The molecule has 0 aliphatic carbocycles. The van der Waals surface area contributed by atoms with Gasteiger partial charge in [0.2, 0.25) is 11.8 Å². The van der Waals surface area contributed by atoms with E-state index in [4.69, 9.17) is 15.2 Å². The summed E-state index contributed by atoms with van der Waals surface area (Å²) in [6.07, 6.45) is 0. The van der Waals surface area contributed by atoms with Gasteiger partial charge in [-0.1, -0.05) is 0 Å². The number of hydrogen-bond acceptors (Lipinski definition) is 5. The molecule has 0 saturated carbocycles. The average Bonchev–Trinajstić information content (AvgIpc) is 2.27. The van der Waals surface area contributed by atoms with Crippen molar-refractivity contribution in [3.63, 3.8) is 0 Å². The minimum absolute atomic E-state index is 0.0651. The predicted molar refractivity (Wildman–Crippen MR) is 50.7 cm³/mol. The number of aromatic nitrogens is 1. The molecule has 0 unspecified atom stereocenters. The van der Waals surface area contributed by atoms with Crippen LogP contribution in [0.15, 0.2) is 12.1 Å². The molecule has 5 heteroatoms. The van der Waals surface area contributed by atoms with E-state index in [0.717, 1.165) is 0 Å². The van der Waals surface area contributed by atoms with Crippen molar-refractivity contribution in [2.45, 2.75) is 0 Å². The Labute approximate surface area is 81.8 Å². The predicted octanol–water partition coefficient (Wildman–Crippen LogP) is 0.240. The van der Waals surface area contributed by atoms with Crippen molar-refractivity contribution < 1.29 is 14.3 Å². The van der Waals surface area contributed by atoms with Gasteiger partial charge in [-0.05, 0) is 6.07 Å². The zero-order chi connectivity index (χ0) is 10.6. The quantitative estimate of drug-likeness (QED) is 0.698. The van der Waals surface area contributed by atoms with Crippen molar-refractivity contribution in [3.8, 4) is 11.8 Å². The van der Waals surface area contributed by atoms with Gasteiger partial charge in [0.15, 0.2) is 5.78 Å². The number of nitrogens with two attached hydrogens (primary N) is 1. The zero-order valence-electron chi connectivity index (χ0n) is 8.11. The molecule has 0 saturated heterocycles. The van der Waals surface area contributed by atoms with Gasteiger partial charge in [0.05, 0.1) is 26.3 Å². The molecule has 0 spiro atoms. The summed E-state index contributed by atoms with van der Waals surface area (Å²) in [5, 5.41) is 0. The lowest BCUT2D eigenvalue weighted by Gasteiger charge is -2.06. The molecule has 0 amide bonds. The van der Waals surface area contributed by atoms with E-state index in [-0.39, 0.29) is 18.2 Å². The molecule has 14 heavy (non-hydrogen) atoms. The summed E-state index contributed by atoms with van der Waals surface area (Å²) in [4.78, 5) is 15.3. The number of carbonyl (C=O) groups is 1. The molecule has 0 fully saturated rings. The number of ether oxygens (including phenoxy) is 2. The number of methoxy groups -OCH3 is 2. The standard InChI is InChI=1S/C9H12N2O3/c1-13-8-4-3-6(7(12)5-10)9(11-8)14-2/h3-4H,5,10H2,1-2H3. The van der Waals surface area contributed by atoms with E-state index >= 15 is 0 Å². The third kappa shape index (κ3) is 2.00. The van der Waals surface area contributed by atoms with Crippen LogP contribution in [-0.2, 0) is 0 Å².